The monoisotopic (exact) mass is 261 g/mol. The highest BCUT2D eigenvalue weighted by Crippen LogP contribution is 2.13. The van der Waals surface area contributed by atoms with Crippen molar-refractivity contribution in [2.24, 2.45) is 0 Å². The summed E-state index contributed by atoms with van der Waals surface area (Å²) in [6.45, 7) is 2.98. The number of benzene rings is 1. The molecule has 1 aromatic rings. The van der Waals surface area contributed by atoms with Gasteiger partial charge >= 0.3 is 0 Å². The van der Waals surface area contributed by atoms with Crippen LogP contribution in [0.5, 0.6) is 5.75 Å². The predicted octanol–water partition coefficient (Wildman–Crippen LogP) is 2.56. The molecule has 1 aliphatic heterocycles. The Kier molecular flexibility index (Phi) is 5.43. The Morgan fingerprint density at radius 2 is 1.89 bits per heavy atom. The second kappa shape index (κ2) is 7.31. The lowest BCUT2D eigenvalue weighted by atomic mass is 10.1. The Morgan fingerprint density at radius 1 is 1.21 bits per heavy atom. The molecule has 1 fully saturated rings. The SMILES string of the molecule is COc1ccc(/C=C\C(O)CN2CCCCC2)cc1. The number of rotatable bonds is 5. The maximum atomic E-state index is 10.0. The normalized spacial score (nSPS) is 18.6. The van der Waals surface area contributed by atoms with Crippen molar-refractivity contribution in [2.45, 2.75) is 25.4 Å². The van der Waals surface area contributed by atoms with Gasteiger partial charge in [0, 0.05) is 6.54 Å². The highest BCUT2D eigenvalue weighted by Gasteiger charge is 2.12. The van der Waals surface area contributed by atoms with Crippen LogP contribution in [-0.4, -0.2) is 42.9 Å². The number of methoxy groups -OCH3 is 1. The van der Waals surface area contributed by atoms with Gasteiger partial charge in [-0.1, -0.05) is 30.7 Å². The molecule has 1 heterocycles. The van der Waals surface area contributed by atoms with Crippen LogP contribution in [0.25, 0.3) is 6.08 Å². The number of β-amino-alcohol motifs (C(OH)–C–C–N with tert-alkyl or cyclic N) is 1. The number of aliphatic hydroxyl groups is 1. The van der Waals surface area contributed by atoms with E-state index in [4.69, 9.17) is 4.74 Å². The largest absolute Gasteiger partial charge is 0.497 e. The highest BCUT2D eigenvalue weighted by molar-refractivity contribution is 5.51. The van der Waals surface area contributed by atoms with Gasteiger partial charge in [0.05, 0.1) is 13.2 Å². The van der Waals surface area contributed by atoms with E-state index in [2.05, 4.69) is 4.90 Å². The molecule has 1 aromatic carbocycles. The standard InChI is InChI=1S/C16H23NO2/c1-19-16-9-6-14(7-10-16)5-8-15(18)13-17-11-3-2-4-12-17/h5-10,15,18H,2-4,11-13H2,1H3/b8-5-. The fourth-order valence-electron chi connectivity index (χ4n) is 2.40. The van der Waals surface area contributed by atoms with Gasteiger partial charge in [0.15, 0.2) is 0 Å². The molecule has 19 heavy (non-hydrogen) atoms. The summed E-state index contributed by atoms with van der Waals surface area (Å²) in [5.41, 5.74) is 1.08. The van der Waals surface area contributed by atoms with Crippen LogP contribution in [-0.2, 0) is 0 Å². The summed E-state index contributed by atoms with van der Waals surface area (Å²) in [6, 6.07) is 7.83. The van der Waals surface area contributed by atoms with Crippen LogP contribution < -0.4 is 4.74 Å². The first-order valence-corrected chi connectivity index (χ1v) is 7.00. The molecule has 0 bridgehead atoms. The molecule has 1 unspecified atom stereocenters. The molecule has 3 nitrogen and oxygen atoms in total. The van der Waals surface area contributed by atoms with Crippen molar-refractivity contribution in [3.05, 3.63) is 35.9 Å². The van der Waals surface area contributed by atoms with E-state index >= 15 is 0 Å². The minimum Gasteiger partial charge on any atom is -0.497 e. The fraction of sp³-hybridized carbons (Fsp3) is 0.500. The van der Waals surface area contributed by atoms with Crippen LogP contribution in [0.2, 0.25) is 0 Å². The van der Waals surface area contributed by atoms with E-state index in [0.29, 0.717) is 0 Å². The third-order valence-corrected chi connectivity index (χ3v) is 3.52. The van der Waals surface area contributed by atoms with Crippen LogP contribution in [0.15, 0.2) is 30.3 Å². The van der Waals surface area contributed by atoms with E-state index in [-0.39, 0.29) is 6.10 Å². The number of hydrogen-bond donors (Lipinski definition) is 1. The molecule has 0 spiro atoms. The van der Waals surface area contributed by atoms with E-state index in [1.54, 1.807) is 7.11 Å². The average molecular weight is 261 g/mol. The Labute approximate surface area is 115 Å². The molecule has 3 heteroatoms. The van der Waals surface area contributed by atoms with Crippen LogP contribution in [0.4, 0.5) is 0 Å². The zero-order valence-electron chi connectivity index (χ0n) is 11.6. The van der Waals surface area contributed by atoms with Crippen LogP contribution in [0.3, 0.4) is 0 Å². The molecular formula is C16H23NO2. The van der Waals surface area contributed by atoms with E-state index in [1.165, 1.54) is 19.3 Å². The minimum atomic E-state index is -0.389. The van der Waals surface area contributed by atoms with Gasteiger partial charge < -0.3 is 14.7 Å². The van der Waals surface area contributed by atoms with Gasteiger partial charge in [-0.05, 0) is 43.6 Å². The fourth-order valence-corrected chi connectivity index (χ4v) is 2.40. The lowest BCUT2D eigenvalue weighted by Gasteiger charge is -2.27. The van der Waals surface area contributed by atoms with Crippen LogP contribution >= 0.6 is 0 Å². The molecule has 104 valence electrons. The molecule has 1 saturated heterocycles. The zero-order chi connectivity index (χ0) is 13.5. The van der Waals surface area contributed by atoms with Gasteiger partial charge in [0.25, 0.3) is 0 Å². The number of likely N-dealkylation sites (tertiary alicyclic amines) is 1. The first-order chi connectivity index (χ1) is 9.28. The van der Waals surface area contributed by atoms with Crippen molar-refractivity contribution in [3.8, 4) is 5.75 Å². The maximum Gasteiger partial charge on any atom is 0.118 e. The van der Waals surface area contributed by atoms with Crippen molar-refractivity contribution in [1.82, 2.24) is 4.90 Å². The average Bonchev–Trinajstić information content (AvgIpc) is 2.47. The van der Waals surface area contributed by atoms with E-state index in [1.807, 2.05) is 36.4 Å². The molecule has 0 saturated carbocycles. The molecule has 0 amide bonds. The Morgan fingerprint density at radius 3 is 2.53 bits per heavy atom. The molecule has 1 aliphatic rings. The van der Waals surface area contributed by atoms with Crippen molar-refractivity contribution in [2.75, 3.05) is 26.7 Å². The van der Waals surface area contributed by atoms with Crippen molar-refractivity contribution in [3.63, 3.8) is 0 Å². The van der Waals surface area contributed by atoms with Gasteiger partial charge in [-0.3, -0.25) is 0 Å². The Balaban J connectivity index is 1.82. The molecule has 0 radical (unpaired) electrons. The molecular weight excluding hydrogens is 238 g/mol. The van der Waals surface area contributed by atoms with Gasteiger partial charge in [-0.15, -0.1) is 0 Å². The summed E-state index contributed by atoms with van der Waals surface area (Å²) in [5, 5.41) is 10.0. The Bertz CT molecular complexity index is 394. The van der Waals surface area contributed by atoms with Crippen molar-refractivity contribution >= 4 is 6.08 Å². The summed E-state index contributed by atoms with van der Waals surface area (Å²) < 4.78 is 5.12. The predicted molar refractivity (Wildman–Crippen MR) is 78.3 cm³/mol. The first-order valence-electron chi connectivity index (χ1n) is 7.00. The van der Waals surface area contributed by atoms with Gasteiger partial charge in [-0.25, -0.2) is 0 Å². The van der Waals surface area contributed by atoms with Crippen molar-refractivity contribution < 1.29 is 9.84 Å². The third kappa shape index (κ3) is 4.69. The molecule has 1 N–H and O–H groups in total. The van der Waals surface area contributed by atoms with Gasteiger partial charge in [0.1, 0.15) is 5.75 Å². The zero-order valence-corrected chi connectivity index (χ0v) is 11.6. The molecule has 0 aromatic heterocycles. The first kappa shape index (κ1) is 14.1. The van der Waals surface area contributed by atoms with Crippen molar-refractivity contribution in [1.29, 1.82) is 0 Å². The topological polar surface area (TPSA) is 32.7 Å². The second-order valence-corrected chi connectivity index (χ2v) is 5.06. The second-order valence-electron chi connectivity index (χ2n) is 5.06. The number of hydrogen-bond acceptors (Lipinski definition) is 3. The summed E-state index contributed by atoms with van der Waals surface area (Å²) >= 11 is 0. The van der Waals surface area contributed by atoms with E-state index in [0.717, 1.165) is 30.9 Å². The lowest BCUT2D eigenvalue weighted by molar-refractivity contribution is 0.132. The molecule has 2 rings (SSSR count). The minimum absolute atomic E-state index is 0.389. The van der Waals surface area contributed by atoms with Gasteiger partial charge in [0.2, 0.25) is 0 Å². The van der Waals surface area contributed by atoms with Crippen LogP contribution in [0, 0.1) is 0 Å². The highest BCUT2D eigenvalue weighted by atomic mass is 16.5. The summed E-state index contributed by atoms with van der Waals surface area (Å²) in [4.78, 5) is 2.34. The lowest BCUT2D eigenvalue weighted by Crippen LogP contribution is -2.35. The van der Waals surface area contributed by atoms with Crippen LogP contribution in [0.1, 0.15) is 24.8 Å². The van der Waals surface area contributed by atoms with Gasteiger partial charge in [-0.2, -0.15) is 0 Å². The molecule has 0 aliphatic carbocycles. The summed E-state index contributed by atoms with van der Waals surface area (Å²) in [6.07, 6.45) is 7.29. The summed E-state index contributed by atoms with van der Waals surface area (Å²) in [5.74, 6) is 0.853. The van der Waals surface area contributed by atoms with E-state index in [9.17, 15) is 5.11 Å². The third-order valence-electron chi connectivity index (χ3n) is 3.52. The smallest absolute Gasteiger partial charge is 0.118 e. The summed E-state index contributed by atoms with van der Waals surface area (Å²) in [7, 11) is 1.66. The Hall–Kier alpha value is -1.32. The number of nitrogens with zero attached hydrogens (tertiary/aromatic N) is 1. The quantitative estimate of drug-likeness (QED) is 0.884. The maximum absolute atomic E-state index is 10.0. The number of aliphatic hydroxyl groups excluding tert-OH is 1. The molecule has 1 atom stereocenters. The number of piperidine rings is 1. The number of ether oxygens (including phenoxy) is 1. The van der Waals surface area contributed by atoms with E-state index < -0.39 is 0 Å².